The zero-order valence-electron chi connectivity index (χ0n) is 16.6. The highest BCUT2D eigenvalue weighted by molar-refractivity contribution is 6.03. The standard InChI is InChI=1S/C21H23N3O5/c1-4-26-16-10-7-14(8-11-16)19(25)22-21-24-23-20(29-21)15-9-12-17(27-5-2)18(13-15)28-6-3/h7-13H,4-6H2,1-3H3,(H,22,24,25). The Labute approximate surface area is 168 Å². The van der Waals surface area contributed by atoms with Crippen molar-refractivity contribution in [3.8, 4) is 28.7 Å². The highest BCUT2D eigenvalue weighted by atomic mass is 16.5. The largest absolute Gasteiger partial charge is 0.494 e. The number of carbonyl (C=O) groups excluding carboxylic acids is 1. The molecule has 3 rings (SSSR count). The van der Waals surface area contributed by atoms with Crippen molar-refractivity contribution in [2.45, 2.75) is 20.8 Å². The number of amides is 1. The number of benzene rings is 2. The van der Waals surface area contributed by atoms with E-state index in [1.807, 2.05) is 20.8 Å². The van der Waals surface area contributed by atoms with Crippen LogP contribution in [0.3, 0.4) is 0 Å². The predicted molar refractivity (Wildman–Crippen MR) is 108 cm³/mol. The van der Waals surface area contributed by atoms with Crippen LogP contribution in [-0.2, 0) is 0 Å². The number of ether oxygens (including phenoxy) is 3. The van der Waals surface area contributed by atoms with Crippen molar-refractivity contribution in [2.24, 2.45) is 0 Å². The lowest BCUT2D eigenvalue weighted by atomic mass is 10.2. The van der Waals surface area contributed by atoms with Crippen LogP contribution in [0.1, 0.15) is 31.1 Å². The van der Waals surface area contributed by atoms with Gasteiger partial charge in [0.1, 0.15) is 5.75 Å². The molecule has 8 heteroatoms. The first-order chi connectivity index (χ1) is 14.1. The van der Waals surface area contributed by atoms with Gasteiger partial charge in [-0.1, -0.05) is 5.10 Å². The van der Waals surface area contributed by atoms with Gasteiger partial charge in [0.15, 0.2) is 11.5 Å². The van der Waals surface area contributed by atoms with Gasteiger partial charge in [-0.2, -0.15) is 0 Å². The molecule has 3 aromatic rings. The molecule has 0 aliphatic heterocycles. The van der Waals surface area contributed by atoms with Crippen molar-refractivity contribution in [3.05, 3.63) is 48.0 Å². The maximum Gasteiger partial charge on any atom is 0.322 e. The van der Waals surface area contributed by atoms with E-state index in [-0.39, 0.29) is 17.8 Å². The first-order valence-electron chi connectivity index (χ1n) is 9.42. The van der Waals surface area contributed by atoms with Gasteiger partial charge in [0.2, 0.25) is 5.89 Å². The molecule has 1 heterocycles. The van der Waals surface area contributed by atoms with Crippen molar-refractivity contribution in [2.75, 3.05) is 25.1 Å². The zero-order valence-corrected chi connectivity index (χ0v) is 16.6. The Morgan fingerprint density at radius 2 is 1.59 bits per heavy atom. The summed E-state index contributed by atoms with van der Waals surface area (Å²) < 4.78 is 22.1. The van der Waals surface area contributed by atoms with Crippen LogP contribution in [0.4, 0.5) is 6.01 Å². The third kappa shape index (κ3) is 5.04. The van der Waals surface area contributed by atoms with Gasteiger partial charge in [0.05, 0.1) is 19.8 Å². The maximum absolute atomic E-state index is 12.4. The number of hydrogen-bond donors (Lipinski definition) is 1. The van der Waals surface area contributed by atoms with E-state index in [9.17, 15) is 4.79 Å². The molecule has 0 unspecified atom stereocenters. The van der Waals surface area contributed by atoms with E-state index in [1.165, 1.54) is 0 Å². The van der Waals surface area contributed by atoms with E-state index in [2.05, 4.69) is 15.5 Å². The second kappa shape index (κ2) is 9.59. The van der Waals surface area contributed by atoms with Gasteiger partial charge >= 0.3 is 6.01 Å². The van der Waals surface area contributed by atoms with E-state index in [1.54, 1.807) is 42.5 Å². The first-order valence-corrected chi connectivity index (χ1v) is 9.42. The third-order valence-electron chi connectivity index (χ3n) is 3.86. The van der Waals surface area contributed by atoms with Gasteiger partial charge in [-0.05, 0) is 63.2 Å². The van der Waals surface area contributed by atoms with E-state index in [0.29, 0.717) is 48.2 Å². The van der Waals surface area contributed by atoms with Gasteiger partial charge in [-0.25, -0.2) is 0 Å². The molecule has 0 spiro atoms. The molecule has 0 saturated carbocycles. The summed E-state index contributed by atoms with van der Waals surface area (Å²) in [6.07, 6.45) is 0. The van der Waals surface area contributed by atoms with E-state index < -0.39 is 0 Å². The fourth-order valence-electron chi connectivity index (χ4n) is 2.61. The van der Waals surface area contributed by atoms with Gasteiger partial charge in [-0.15, -0.1) is 5.10 Å². The van der Waals surface area contributed by atoms with E-state index >= 15 is 0 Å². The molecular weight excluding hydrogens is 374 g/mol. The molecule has 0 aliphatic rings. The fraction of sp³-hybridized carbons (Fsp3) is 0.286. The Kier molecular flexibility index (Phi) is 6.67. The SMILES string of the molecule is CCOc1ccc(C(=O)Nc2nnc(-c3ccc(OCC)c(OCC)c3)o2)cc1. The lowest BCUT2D eigenvalue weighted by Crippen LogP contribution is -2.12. The second-order valence-electron chi connectivity index (χ2n) is 5.85. The van der Waals surface area contributed by atoms with Crippen LogP contribution in [-0.4, -0.2) is 35.9 Å². The molecule has 0 fully saturated rings. The van der Waals surface area contributed by atoms with Crippen molar-refractivity contribution < 1.29 is 23.4 Å². The van der Waals surface area contributed by atoms with Gasteiger partial charge in [0.25, 0.3) is 5.91 Å². The molecule has 152 valence electrons. The van der Waals surface area contributed by atoms with Gasteiger partial charge in [-0.3, -0.25) is 10.1 Å². The average Bonchev–Trinajstić information content (AvgIpc) is 3.19. The summed E-state index contributed by atoms with van der Waals surface area (Å²) >= 11 is 0. The summed E-state index contributed by atoms with van der Waals surface area (Å²) in [5.41, 5.74) is 1.11. The number of nitrogens with zero attached hydrogens (tertiary/aromatic N) is 2. The molecule has 0 aliphatic carbocycles. The minimum Gasteiger partial charge on any atom is -0.494 e. The van der Waals surface area contributed by atoms with Crippen LogP contribution >= 0.6 is 0 Å². The summed E-state index contributed by atoms with van der Waals surface area (Å²) in [5.74, 6) is 1.83. The van der Waals surface area contributed by atoms with Crippen LogP contribution < -0.4 is 19.5 Å². The lowest BCUT2D eigenvalue weighted by molar-refractivity contribution is 0.102. The molecule has 0 radical (unpaired) electrons. The second-order valence-corrected chi connectivity index (χ2v) is 5.85. The Hall–Kier alpha value is -3.55. The monoisotopic (exact) mass is 397 g/mol. The van der Waals surface area contributed by atoms with Crippen molar-refractivity contribution in [1.29, 1.82) is 0 Å². The predicted octanol–water partition coefficient (Wildman–Crippen LogP) is 4.19. The van der Waals surface area contributed by atoms with Crippen molar-refractivity contribution in [3.63, 3.8) is 0 Å². The molecule has 1 N–H and O–H groups in total. The number of anilines is 1. The molecule has 29 heavy (non-hydrogen) atoms. The number of aromatic nitrogens is 2. The first kappa shape index (κ1) is 20.2. The highest BCUT2D eigenvalue weighted by Gasteiger charge is 2.15. The Morgan fingerprint density at radius 3 is 2.28 bits per heavy atom. The molecule has 0 bridgehead atoms. The van der Waals surface area contributed by atoms with Crippen LogP contribution in [0.25, 0.3) is 11.5 Å². The third-order valence-corrected chi connectivity index (χ3v) is 3.86. The topological polar surface area (TPSA) is 95.7 Å². The number of carbonyl (C=O) groups is 1. The van der Waals surface area contributed by atoms with Crippen LogP contribution in [0.5, 0.6) is 17.2 Å². The molecule has 0 atom stereocenters. The van der Waals surface area contributed by atoms with Gasteiger partial charge in [0, 0.05) is 11.1 Å². The number of rotatable bonds is 9. The van der Waals surface area contributed by atoms with E-state index in [0.717, 1.165) is 0 Å². The summed E-state index contributed by atoms with van der Waals surface area (Å²) in [7, 11) is 0. The summed E-state index contributed by atoms with van der Waals surface area (Å²) in [6, 6.07) is 12.1. The molecular formula is C21H23N3O5. The lowest BCUT2D eigenvalue weighted by Gasteiger charge is -2.11. The molecule has 0 saturated heterocycles. The Bertz CT molecular complexity index is 953. The summed E-state index contributed by atoms with van der Waals surface area (Å²) in [4.78, 5) is 12.4. The van der Waals surface area contributed by atoms with Crippen molar-refractivity contribution in [1.82, 2.24) is 10.2 Å². The highest BCUT2D eigenvalue weighted by Crippen LogP contribution is 2.32. The number of nitrogens with one attached hydrogen (secondary N) is 1. The molecule has 1 amide bonds. The number of hydrogen-bond acceptors (Lipinski definition) is 7. The molecule has 1 aromatic heterocycles. The molecule has 2 aromatic carbocycles. The van der Waals surface area contributed by atoms with Crippen LogP contribution in [0.15, 0.2) is 46.9 Å². The van der Waals surface area contributed by atoms with Crippen LogP contribution in [0, 0.1) is 0 Å². The normalized spacial score (nSPS) is 10.4. The average molecular weight is 397 g/mol. The molecule has 8 nitrogen and oxygen atoms in total. The fourth-order valence-corrected chi connectivity index (χ4v) is 2.61. The minimum atomic E-state index is -0.357. The van der Waals surface area contributed by atoms with Crippen molar-refractivity contribution >= 4 is 11.9 Å². The quantitative estimate of drug-likeness (QED) is 0.578. The Morgan fingerprint density at radius 1 is 0.897 bits per heavy atom. The Balaban J connectivity index is 1.73. The minimum absolute atomic E-state index is 0.00530. The summed E-state index contributed by atoms with van der Waals surface area (Å²) in [5, 5.41) is 10.5. The zero-order chi connectivity index (χ0) is 20.6. The van der Waals surface area contributed by atoms with Gasteiger partial charge < -0.3 is 18.6 Å². The van der Waals surface area contributed by atoms with Crippen LogP contribution in [0.2, 0.25) is 0 Å². The summed E-state index contributed by atoms with van der Waals surface area (Å²) in [6.45, 7) is 7.28. The smallest absolute Gasteiger partial charge is 0.322 e. The maximum atomic E-state index is 12.4. The van der Waals surface area contributed by atoms with E-state index in [4.69, 9.17) is 18.6 Å².